The van der Waals surface area contributed by atoms with Gasteiger partial charge < -0.3 is 15.4 Å². The lowest BCUT2D eigenvalue weighted by Gasteiger charge is -2.37. The number of ether oxygens (including phenoxy) is 1. The lowest BCUT2D eigenvalue weighted by molar-refractivity contribution is -0.183. The number of rotatable bonds is 5. The van der Waals surface area contributed by atoms with Crippen LogP contribution in [-0.2, 0) is 4.74 Å². The summed E-state index contributed by atoms with van der Waals surface area (Å²) < 4.78 is 43.9. The highest BCUT2D eigenvalue weighted by Crippen LogP contribution is 2.37. The van der Waals surface area contributed by atoms with Crippen molar-refractivity contribution in [3.05, 3.63) is 0 Å². The van der Waals surface area contributed by atoms with Crippen molar-refractivity contribution in [1.82, 2.24) is 15.5 Å². The van der Waals surface area contributed by atoms with Gasteiger partial charge in [-0.1, -0.05) is 20.3 Å². The number of hydrogen-bond donors (Lipinski definition) is 2. The number of alkyl halides is 3. The second kappa shape index (κ2) is 9.07. The fourth-order valence-electron chi connectivity index (χ4n) is 3.75. The smallest absolute Gasteiger partial charge is 0.379 e. The molecule has 5 nitrogen and oxygen atoms in total. The third kappa shape index (κ3) is 6.33. The molecule has 1 aliphatic heterocycles. The lowest BCUT2D eigenvalue weighted by Crippen LogP contribution is -2.53. The van der Waals surface area contributed by atoms with E-state index in [4.69, 9.17) is 4.74 Å². The molecular weight excluding hydrogens is 335 g/mol. The minimum atomic E-state index is -4.17. The van der Waals surface area contributed by atoms with Crippen LogP contribution in [0.4, 0.5) is 18.0 Å². The first kappa shape index (κ1) is 20.3. The number of nitrogens with zero attached hydrogens (tertiary/aromatic N) is 1. The quantitative estimate of drug-likeness (QED) is 0.788. The number of carbonyl (C=O) groups is 1. The Balaban J connectivity index is 1.78. The highest BCUT2D eigenvalue weighted by Gasteiger charge is 2.42. The Labute approximate surface area is 147 Å². The van der Waals surface area contributed by atoms with E-state index in [2.05, 4.69) is 29.4 Å². The minimum Gasteiger partial charge on any atom is -0.379 e. The van der Waals surface area contributed by atoms with E-state index in [1.165, 1.54) is 0 Å². The largest absolute Gasteiger partial charge is 0.391 e. The van der Waals surface area contributed by atoms with Crippen LogP contribution in [0.15, 0.2) is 0 Å². The summed E-state index contributed by atoms with van der Waals surface area (Å²) in [5.41, 5.74) is 0. The van der Waals surface area contributed by atoms with Gasteiger partial charge in [-0.3, -0.25) is 4.90 Å². The van der Waals surface area contributed by atoms with E-state index in [0.29, 0.717) is 38.5 Å². The van der Waals surface area contributed by atoms with Gasteiger partial charge in [0.05, 0.1) is 19.1 Å². The van der Waals surface area contributed by atoms with Crippen molar-refractivity contribution in [3.63, 3.8) is 0 Å². The van der Waals surface area contributed by atoms with Crippen LogP contribution >= 0.6 is 0 Å². The van der Waals surface area contributed by atoms with Gasteiger partial charge in [0.25, 0.3) is 0 Å². The molecule has 3 unspecified atom stereocenters. The highest BCUT2D eigenvalue weighted by molar-refractivity contribution is 5.74. The minimum absolute atomic E-state index is 0.0198. The van der Waals surface area contributed by atoms with Gasteiger partial charge in [0.2, 0.25) is 0 Å². The van der Waals surface area contributed by atoms with E-state index >= 15 is 0 Å². The van der Waals surface area contributed by atoms with Crippen molar-refractivity contribution in [2.45, 2.75) is 57.8 Å². The van der Waals surface area contributed by atoms with Crippen molar-refractivity contribution in [3.8, 4) is 0 Å². The molecule has 0 bridgehead atoms. The van der Waals surface area contributed by atoms with Gasteiger partial charge in [-0.05, 0) is 25.2 Å². The van der Waals surface area contributed by atoms with Gasteiger partial charge in [-0.2, -0.15) is 13.2 Å². The molecule has 0 aromatic heterocycles. The fourth-order valence-corrected chi connectivity index (χ4v) is 3.75. The zero-order valence-electron chi connectivity index (χ0n) is 15.1. The number of nitrogens with one attached hydrogen (secondary N) is 2. The van der Waals surface area contributed by atoms with E-state index < -0.39 is 18.1 Å². The number of carbonyl (C=O) groups excluding carboxylic acids is 1. The normalized spacial score (nSPS) is 27.1. The zero-order chi connectivity index (χ0) is 18.4. The van der Waals surface area contributed by atoms with Crippen LogP contribution in [0.2, 0.25) is 0 Å². The van der Waals surface area contributed by atoms with Crippen LogP contribution in [0.1, 0.15) is 39.5 Å². The maximum Gasteiger partial charge on any atom is 0.391 e. The third-order valence-corrected chi connectivity index (χ3v) is 5.23. The Kier molecular flexibility index (Phi) is 7.37. The van der Waals surface area contributed by atoms with Crippen LogP contribution in [-0.4, -0.2) is 62.0 Å². The Morgan fingerprint density at radius 1 is 1.24 bits per heavy atom. The summed E-state index contributed by atoms with van der Waals surface area (Å²) in [6, 6.07) is -0.572. The summed E-state index contributed by atoms with van der Waals surface area (Å²) in [6.45, 7) is 7.75. The van der Waals surface area contributed by atoms with Gasteiger partial charge in [0.15, 0.2) is 0 Å². The van der Waals surface area contributed by atoms with Crippen LogP contribution in [0.3, 0.4) is 0 Å². The summed E-state index contributed by atoms with van der Waals surface area (Å²) in [5, 5.41) is 5.57. The molecule has 3 atom stereocenters. The summed E-state index contributed by atoms with van der Waals surface area (Å²) >= 11 is 0. The Hall–Kier alpha value is -1.02. The predicted molar refractivity (Wildman–Crippen MR) is 89.4 cm³/mol. The van der Waals surface area contributed by atoms with Crippen molar-refractivity contribution >= 4 is 6.03 Å². The molecule has 2 amide bonds. The molecule has 2 rings (SSSR count). The van der Waals surface area contributed by atoms with Crippen molar-refractivity contribution < 1.29 is 22.7 Å². The number of hydrogen-bond acceptors (Lipinski definition) is 3. The van der Waals surface area contributed by atoms with E-state index in [1.54, 1.807) is 0 Å². The number of urea groups is 1. The molecule has 0 radical (unpaired) electrons. The summed E-state index contributed by atoms with van der Waals surface area (Å²) in [7, 11) is 0. The lowest BCUT2D eigenvalue weighted by atomic mass is 9.85. The molecule has 146 valence electrons. The molecule has 1 saturated carbocycles. The van der Waals surface area contributed by atoms with Gasteiger partial charge >= 0.3 is 12.2 Å². The van der Waals surface area contributed by atoms with Crippen LogP contribution in [0.5, 0.6) is 0 Å². The van der Waals surface area contributed by atoms with E-state index in [1.807, 2.05) is 0 Å². The molecular formula is C17H30F3N3O2. The van der Waals surface area contributed by atoms with Gasteiger partial charge in [-0.25, -0.2) is 4.79 Å². The molecule has 1 aliphatic carbocycles. The molecule has 8 heteroatoms. The molecule has 1 heterocycles. The molecule has 1 saturated heterocycles. The molecule has 0 aromatic rings. The summed E-state index contributed by atoms with van der Waals surface area (Å²) in [5.74, 6) is -0.939. The molecule has 2 aliphatic rings. The van der Waals surface area contributed by atoms with Crippen molar-refractivity contribution in [2.24, 2.45) is 11.8 Å². The van der Waals surface area contributed by atoms with Crippen molar-refractivity contribution in [2.75, 3.05) is 32.8 Å². The van der Waals surface area contributed by atoms with E-state index in [0.717, 1.165) is 13.1 Å². The molecule has 0 aromatic carbocycles. The monoisotopic (exact) mass is 365 g/mol. The van der Waals surface area contributed by atoms with E-state index in [9.17, 15) is 18.0 Å². The first-order valence-corrected chi connectivity index (χ1v) is 9.20. The van der Waals surface area contributed by atoms with Gasteiger partial charge in [0.1, 0.15) is 0 Å². The Bertz CT molecular complexity index is 426. The van der Waals surface area contributed by atoms with Gasteiger partial charge in [-0.15, -0.1) is 0 Å². The van der Waals surface area contributed by atoms with Gasteiger partial charge in [0, 0.05) is 31.7 Å². The third-order valence-electron chi connectivity index (χ3n) is 5.23. The zero-order valence-corrected chi connectivity index (χ0v) is 15.1. The maximum atomic E-state index is 12.9. The van der Waals surface area contributed by atoms with Crippen LogP contribution < -0.4 is 10.6 Å². The predicted octanol–water partition coefficient (Wildman–Crippen LogP) is 2.76. The van der Waals surface area contributed by atoms with Crippen LogP contribution in [0.25, 0.3) is 0 Å². The number of amides is 2. The summed E-state index contributed by atoms with van der Waals surface area (Å²) in [6.07, 6.45) is -2.92. The Morgan fingerprint density at radius 3 is 2.52 bits per heavy atom. The SMILES string of the molecule is CC(C)C(CNC(=O)NC1CCCC(C(F)(F)F)C1)N1CCOCC1. The molecule has 0 spiro atoms. The average molecular weight is 365 g/mol. The van der Waals surface area contributed by atoms with E-state index in [-0.39, 0.29) is 24.9 Å². The molecule has 2 N–H and O–H groups in total. The Morgan fingerprint density at radius 2 is 1.92 bits per heavy atom. The maximum absolute atomic E-state index is 12.9. The molecule has 2 fully saturated rings. The highest BCUT2D eigenvalue weighted by atomic mass is 19.4. The average Bonchev–Trinajstić information content (AvgIpc) is 2.55. The second-order valence-electron chi connectivity index (χ2n) is 7.42. The standard InChI is InChI=1S/C17H30F3N3O2/c1-12(2)15(23-6-8-25-9-7-23)11-21-16(24)22-14-5-3-4-13(10-14)17(18,19)20/h12-15H,3-11H2,1-2H3,(H2,21,22,24). The van der Waals surface area contributed by atoms with Crippen molar-refractivity contribution in [1.29, 1.82) is 0 Å². The summed E-state index contributed by atoms with van der Waals surface area (Å²) in [4.78, 5) is 14.4. The first-order chi connectivity index (χ1) is 11.8. The number of halogens is 3. The topological polar surface area (TPSA) is 53.6 Å². The van der Waals surface area contributed by atoms with Crippen LogP contribution in [0, 0.1) is 11.8 Å². The first-order valence-electron chi connectivity index (χ1n) is 9.20. The number of morpholine rings is 1. The second-order valence-corrected chi connectivity index (χ2v) is 7.42. The fraction of sp³-hybridized carbons (Fsp3) is 0.941. The molecule has 25 heavy (non-hydrogen) atoms.